The first-order chi connectivity index (χ1) is 16.5. The Kier molecular flexibility index (Phi) is 5.69. The lowest BCUT2D eigenvalue weighted by Crippen LogP contribution is -2.62. The molecular weight excluding hydrogens is 430 g/mol. The molecule has 3 aromatic rings. The molecule has 7 heteroatoms. The fourth-order valence-corrected chi connectivity index (χ4v) is 5.09. The number of carbonyl (C=O) groups excluding carboxylic acids is 3. The van der Waals surface area contributed by atoms with Gasteiger partial charge in [0.25, 0.3) is 5.91 Å². The second-order valence-corrected chi connectivity index (χ2v) is 8.95. The van der Waals surface area contributed by atoms with Crippen LogP contribution in [0.25, 0.3) is 0 Å². The topological polar surface area (TPSA) is 82.9 Å². The van der Waals surface area contributed by atoms with Crippen molar-refractivity contribution < 1.29 is 18.8 Å². The van der Waals surface area contributed by atoms with Crippen molar-refractivity contribution in [1.29, 1.82) is 0 Å². The number of hydrogen-bond donors (Lipinski definition) is 1. The molecule has 1 aromatic heterocycles. The first-order valence-electron chi connectivity index (χ1n) is 11.6. The molecule has 1 N–H and O–H groups in total. The summed E-state index contributed by atoms with van der Waals surface area (Å²) in [5, 5.41) is 3.06. The summed E-state index contributed by atoms with van der Waals surface area (Å²) in [5.41, 5.74) is 1.43. The number of furan rings is 1. The summed E-state index contributed by atoms with van der Waals surface area (Å²) < 4.78 is 5.56. The molecule has 2 unspecified atom stereocenters. The van der Waals surface area contributed by atoms with Gasteiger partial charge >= 0.3 is 0 Å². The van der Waals surface area contributed by atoms with Crippen molar-refractivity contribution in [3.63, 3.8) is 0 Å². The summed E-state index contributed by atoms with van der Waals surface area (Å²) in [4.78, 5) is 42.4. The molecule has 2 aliphatic rings. The molecule has 174 valence electrons. The molecule has 0 saturated carbocycles. The van der Waals surface area contributed by atoms with Gasteiger partial charge in [0.2, 0.25) is 11.8 Å². The molecule has 7 nitrogen and oxygen atoms in total. The third-order valence-corrected chi connectivity index (χ3v) is 6.80. The van der Waals surface area contributed by atoms with Crippen molar-refractivity contribution >= 4 is 23.4 Å². The average Bonchev–Trinajstić information content (AvgIpc) is 3.49. The number of rotatable bonds is 7. The Hall–Kier alpha value is -3.87. The number of nitrogens with one attached hydrogen (secondary N) is 1. The van der Waals surface area contributed by atoms with Crippen molar-refractivity contribution in [3.8, 4) is 0 Å². The quantitative estimate of drug-likeness (QED) is 0.575. The van der Waals surface area contributed by atoms with E-state index in [0.717, 1.165) is 5.56 Å². The Morgan fingerprint density at radius 2 is 1.82 bits per heavy atom. The summed E-state index contributed by atoms with van der Waals surface area (Å²) in [6.45, 7) is 2.33. The van der Waals surface area contributed by atoms with Crippen LogP contribution in [-0.4, -0.2) is 34.8 Å². The fourth-order valence-electron chi connectivity index (χ4n) is 5.09. The van der Waals surface area contributed by atoms with Crippen LogP contribution in [0.5, 0.6) is 0 Å². The van der Waals surface area contributed by atoms with Gasteiger partial charge in [0.1, 0.15) is 17.5 Å². The number of amides is 3. The second kappa shape index (κ2) is 8.82. The molecule has 3 amide bonds. The highest BCUT2D eigenvalue weighted by molar-refractivity contribution is 6.10. The van der Waals surface area contributed by atoms with E-state index in [1.54, 1.807) is 28.2 Å². The molecule has 0 aliphatic carbocycles. The summed E-state index contributed by atoms with van der Waals surface area (Å²) in [6.07, 6.45) is 3.30. The Morgan fingerprint density at radius 3 is 2.59 bits per heavy atom. The van der Waals surface area contributed by atoms with Crippen LogP contribution in [0.3, 0.4) is 0 Å². The van der Waals surface area contributed by atoms with Gasteiger partial charge in [-0.05, 0) is 49.6 Å². The highest BCUT2D eigenvalue weighted by Gasteiger charge is 2.52. The van der Waals surface area contributed by atoms with Crippen LogP contribution in [0, 0.1) is 0 Å². The van der Waals surface area contributed by atoms with Crippen LogP contribution < -0.4 is 10.2 Å². The van der Waals surface area contributed by atoms with Crippen LogP contribution in [0.15, 0.2) is 77.4 Å². The van der Waals surface area contributed by atoms with Gasteiger partial charge in [0.05, 0.1) is 17.5 Å². The lowest BCUT2D eigenvalue weighted by Gasteiger charge is -2.48. The lowest BCUT2D eigenvalue weighted by atomic mass is 9.97. The number of carbonyl (C=O) groups is 3. The predicted octanol–water partition coefficient (Wildman–Crippen LogP) is 4.26. The summed E-state index contributed by atoms with van der Waals surface area (Å²) in [7, 11) is 0. The second-order valence-electron chi connectivity index (χ2n) is 8.95. The summed E-state index contributed by atoms with van der Waals surface area (Å²) >= 11 is 0. The molecule has 1 fully saturated rings. The van der Waals surface area contributed by atoms with E-state index in [1.165, 1.54) is 0 Å². The van der Waals surface area contributed by atoms with Crippen LogP contribution in [-0.2, 0) is 9.59 Å². The fraction of sp³-hybridized carbons (Fsp3) is 0.296. The largest absolute Gasteiger partial charge is 0.467 e. The Morgan fingerprint density at radius 1 is 1.06 bits per heavy atom. The summed E-state index contributed by atoms with van der Waals surface area (Å²) in [6, 6.07) is 20.2. The van der Waals surface area contributed by atoms with Gasteiger partial charge in [0, 0.05) is 19.4 Å². The molecule has 0 spiro atoms. The molecule has 0 radical (unpaired) electrons. The van der Waals surface area contributed by atoms with E-state index in [2.05, 4.69) is 5.32 Å². The van der Waals surface area contributed by atoms with Crippen LogP contribution in [0.2, 0.25) is 0 Å². The van der Waals surface area contributed by atoms with Gasteiger partial charge in [-0.1, -0.05) is 42.5 Å². The van der Waals surface area contributed by atoms with Crippen molar-refractivity contribution in [3.05, 3.63) is 89.9 Å². The van der Waals surface area contributed by atoms with E-state index < -0.39 is 5.66 Å². The minimum atomic E-state index is -0.709. The number of benzene rings is 2. The number of hydrogen-bond acceptors (Lipinski definition) is 4. The lowest BCUT2D eigenvalue weighted by molar-refractivity contribution is -0.122. The highest BCUT2D eigenvalue weighted by Crippen LogP contribution is 2.44. The maximum absolute atomic E-state index is 13.3. The van der Waals surface area contributed by atoms with E-state index in [0.29, 0.717) is 42.8 Å². The molecule has 2 atom stereocenters. The number of nitrogens with zero attached hydrogens (tertiary/aromatic N) is 2. The standard InChI is InChI=1S/C27H27N3O4/c1-27-16-15-24(32)30(27)21-12-6-5-11-20(21)26(33)29(27)17-7-14-23(31)28-25(22-13-8-18-34-22)19-9-3-2-4-10-19/h2-6,8-13,18,25H,7,14-17H2,1H3,(H,28,31). The highest BCUT2D eigenvalue weighted by atomic mass is 16.3. The molecule has 2 aromatic carbocycles. The van der Waals surface area contributed by atoms with E-state index in [-0.39, 0.29) is 30.2 Å². The van der Waals surface area contributed by atoms with Gasteiger partial charge in [-0.3, -0.25) is 19.3 Å². The average molecular weight is 458 g/mol. The van der Waals surface area contributed by atoms with Gasteiger partial charge in [0.15, 0.2) is 0 Å². The first-order valence-corrected chi connectivity index (χ1v) is 11.6. The zero-order valence-electron chi connectivity index (χ0n) is 19.1. The van der Waals surface area contributed by atoms with Gasteiger partial charge in [-0.2, -0.15) is 0 Å². The molecule has 34 heavy (non-hydrogen) atoms. The van der Waals surface area contributed by atoms with E-state index >= 15 is 0 Å². The first kappa shape index (κ1) is 21.9. The minimum absolute atomic E-state index is 0.0225. The molecule has 3 heterocycles. The number of anilines is 1. The van der Waals surface area contributed by atoms with Gasteiger partial charge < -0.3 is 14.6 Å². The third-order valence-electron chi connectivity index (χ3n) is 6.80. The van der Waals surface area contributed by atoms with Crippen LogP contribution in [0.4, 0.5) is 5.69 Å². The maximum Gasteiger partial charge on any atom is 0.257 e. The predicted molar refractivity (Wildman–Crippen MR) is 127 cm³/mol. The van der Waals surface area contributed by atoms with E-state index in [9.17, 15) is 14.4 Å². The molecule has 0 bridgehead atoms. The Balaban J connectivity index is 1.28. The zero-order chi connectivity index (χ0) is 23.7. The summed E-state index contributed by atoms with van der Waals surface area (Å²) in [5.74, 6) is 0.464. The minimum Gasteiger partial charge on any atom is -0.467 e. The molecule has 2 aliphatic heterocycles. The molecule has 1 saturated heterocycles. The number of fused-ring (bicyclic) bond motifs is 3. The smallest absolute Gasteiger partial charge is 0.257 e. The Labute approximate surface area is 198 Å². The van der Waals surface area contributed by atoms with Gasteiger partial charge in [-0.25, -0.2) is 0 Å². The zero-order valence-corrected chi connectivity index (χ0v) is 19.1. The van der Waals surface area contributed by atoms with Crippen molar-refractivity contribution in [2.24, 2.45) is 0 Å². The monoisotopic (exact) mass is 457 g/mol. The normalized spacial score (nSPS) is 20.1. The maximum atomic E-state index is 13.3. The van der Waals surface area contributed by atoms with Crippen molar-refractivity contribution in [2.45, 2.75) is 44.3 Å². The molecular formula is C27H27N3O4. The number of para-hydroxylation sites is 1. The SMILES string of the molecule is CC12CCC(=O)N1c1ccccc1C(=O)N2CCCC(=O)NC(c1ccccc1)c1ccco1. The van der Waals surface area contributed by atoms with E-state index in [1.807, 2.05) is 61.5 Å². The third kappa shape index (κ3) is 3.77. The van der Waals surface area contributed by atoms with E-state index in [4.69, 9.17) is 4.42 Å². The van der Waals surface area contributed by atoms with Crippen LogP contribution in [0.1, 0.15) is 60.3 Å². The van der Waals surface area contributed by atoms with Gasteiger partial charge in [-0.15, -0.1) is 0 Å². The van der Waals surface area contributed by atoms with Crippen LogP contribution >= 0.6 is 0 Å². The van der Waals surface area contributed by atoms with Crippen molar-refractivity contribution in [1.82, 2.24) is 10.2 Å². The molecule has 5 rings (SSSR count). The van der Waals surface area contributed by atoms with Crippen molar-refractivity contribution in [2.75, 3.05) is 11.4 Å². The Bertz CT molecular complexity index is 1210.